The minimum atomic E-state index is -3.48. The predicted molar refractivity (Wildman–Crippen MR) is 81.0 cm³/mol. The van der Waals surface area contributed by atoms with Gasteiger partial charge >= 0.3 is 0 Å². The summed E-state index contributed by atoms with van der Waals surface area (Å²) >= 11 is 0. The monoisotopic (exact) mass is 320 g/mol. The van der Waals surface area contributed by atoms with Crippen molar-refractivity contribution in [3.8, 4) is 0 Å². The Morgan fingerprint density at radius 1 is 1.24 bits per heavy atom. The van der Waals surface area contributed by atoms with Crippen molar-refractivity contribution in [1.82, 2.24) is 8.61 Å². The lowest BCUT2D eigenvalue weighted by atomic mass is 9.82. The number of aliphatic hydroxyl groups is 1. The molecule has 0 bridgehead atoms. The van der Waals surface area contributed by atoms with Crippen LogP contribution in [0.25, 0.3) is 0 Å². The summed E-state index contributed by atoms with van der Waals surface area (Å²) < 4.78 is 33.7. The molecule has 2 atom stereocenters. The van der Waals surface area contributed by atoms with Gasteiger partial charge in [-0.1, -0.05) is 20.8 Å². The van der Waals surface area contributed by atoms with E-state index in [4.69, 9.17) is 4.74 Å². The number of hydrogen-bond donors (Lipinski definition) is 1. The highest BCUT2D eigenvalue weighted by Crippen LogP contribution is 2.36. The Labute approximate surface area is 128 Å². The third-order valence-electron chi connectivity index (χ3n) is 5.15. The zero-order valence-corrected chi connectivity index (χ0v) is 14.3. The molecule has 2 fully saturated rings. The summed E-state index contributed by atoms with van der Waals surface area (Å²) in [5, 5.41) is 10.7. The lowest BCUT2D eigenvalue weighted by Crippen LogP contribution is -2.49. The molecule has 2 heterocycles. The molecule has 0 saturated carbocycles. The fourth-order valence-corrected chi connectivity index (χ4v) is 5.14. The quantitative estimate of drug-likeness (QED) is 0.827. The summed E-state index contributed by atoms with van der Waals surface area (Å²) in [7, 11) is -1.81. The highest BCUT2D eigenvalue weighted by molar-refractivity contribution is 7.86. The molecule has 2 aliphatic rings. The van der Waals surface area contributed by atoms with Gasteiger partial charge in [0.1, 0.15) is 0 Å². The molecular weight excluding hydrogens is 292 g/mol. The SMILES string of the molecule is COC1CCN(S(=O)(=O)N2C[C@H](C)[C@@](O)(C(C)C)C2)CC1. The second-order valence-corrected chi connectivity index (χ2v) is 8.61. The second-order valence-electron chi connectivity index (χ2n) is 6.68. The van der Waals surface area contributed by atoms with Crippen LogP contribution in [0, 0.1) is 11.8 Å². The van der Waals surface area contributed by atoms with E-state index in [0.29, 0.717) is 19.6 Å². The molecule has 0 amide bonds. The van der Waals surface area contributed by atoms with Crippen molar-refractivity contribution in [3.05, 3.63) is 0 Å². The molecule has 0 aromatic heterocycles. The average Bonchev–Trinajstić information content (AvgIpc) is 2.77. The van der Waals surface area contributed by atoms with Gasteiger partial charge in [-0.15, -0.1) is 0 Å². The van der Waals surface area contributed by atoms with E-state index in [0.717, 1.165) is 12.8 Å². The number of ether oxygens (including phenoxy) is 1. The summed E-state index contributed by atoms with van der Waals surface area (Å²) in [6.45, 7) is 7.37. The first-order chi connectivity index (χ1) is 9.71. The van der Waals surface area contributed by atoms with Crippen molar-refractivity contribution in [3.63, 3.8) is 0 Å². The van der Waals surface area contributed by atoms with Crippen LogP contribution in [-0.4, -0.2) is 67.1 Å². The zero-order chi connectivity index (χ0) is 15.8. The first-order valence-electron chi connectivity index (χ1n) is 7.72. The predicted octanol–water partition coefficient (Wildman–Crippen LogP) is 0.681. The van der Waals surface area contributed by atoms with Crippen LogP contribution in [0.3, 0.4) is 0 Å². The van der Waals surface area contributed by atoms with Gasteiger partial charge in [-0.3, -0.25) is 0 Å². The molecule has 0 unspecified atom stereocenters. The summed E-state index contributed by atoms with van der Waals surface area (Å²) in [6.07, 6.45) is 1.61. The summed E-state index contributed by atoms with van der Waals surface area (Å²) in [6, 6.07) is 0. The maximum absolute atomic E-state index is 12.7. The number of rotatable bonds is 4. The molecule has 0 radical (unpaired) electrons. The number of piperidine rings is 1. The Bertz CT molecular complexity index is 460. The molecule has 0 spiro atoms. The fourth-order valence-electron chi connectivity index (χ4n) is 3.36. The summed E-state index contributed by atoms with van der Waals surface area (Å²) in [5.41, 5.74) is -0.933. The van der Waals surface area contributed by atoms with Crippen LogP contribution in [0.15, 0.2) is 0 Å². The van der Waals surface area contributed by atoms with Crippen LogP contribution in [0.2, 0.25) is 0 Å². The van der Waals surface area contributed by atoms with Crippen molar-refractivity contribution in [2.24, 2.45) is 11.8 Å². The van der Waals surface area contributed by atoms with Gasteiger partial charge < -0.3 is 9.84 Å². The van der Waals surface area contributed by atoms with Crippen LogP contribution in [0.4, 0.5) is 0 Å². The highest BCUT2D eigenvalue weighted by atomic mass is 32.2. The van der Waals surface area contributed by atoms with Crippen molar-refractivity contribution in [1.29, 1.82) is 0 Å². The zero-order valence-electron chi connectivity index (χ0n) is 13.4. The van der Waals surface area contributed by atoms with Gasteiger partial charge in [0.2, 0.25) is 0 Å². The first-order valence-corrected chi connectivity index (χ1v) is 9.12. The van der Waals surface area contributed by atoms with Gasteiger partial charge in [0, 0.05) is 39.2 Å². The van der Waals surface area contributed by atoms with Crippen molar-refractivity contribution < 1.29 is 18.3 Å². The summed E-state index contributed by atoms with van der Waals surface area (Å²) in [4.78, 5) is 0. The molecule has 21 heavy (non-hydrogen) atoms. The molecule has 2 saturated heterocycles. The fraction of sp³-hybridized carbons (Fsp3) is 1.00. The van der Waals surface area contributed by atoms with E-state index in [1.807, 2.05) is 20.8 Å². The van der Waals surface area contributed by atoms with Crippen molar-refractivity contribution >= 4 is 10.2 Å². The molecule has 124 valence electrons. The van der Waals surface area contributed by atoms with E-state index < -0.39 is 15.8 Å². The lowest BCUT2D eigenvalue weighted by molar-refractivity contribution is -0.0225. The maximum Gasteiger partial charge on any atom is 0.282 e. The second kappa shape index (κ2) is 6.12. The first kappa shape index (κ1) is 17.1. The van der Waals surface area contributed by atoms with Crippen LogP contribution >= 0.6 is 0 Å². The van der Waals surface area contributed by atoms with Gasteiger partial charge in [0.05, 0.1) is 11.7 Å². The smallest absolute Gasteiger partial charge is 0.282 e. The van der Waals surface area contributed by atoms with Gasteiger partial charge in [0.15, 0.2) is 0 Å². The topological polar surface area (TPSA) is 70.1 Å². The Kier molecular flexibility index (Phi) is 5.00. The van der Waals surface area contributed by atoms with Crippen molar-refractivity contribution in [2.75, 3.05) is 33.3 Å². The molecular formula is C14H28N2O4S. The lowest BCUT2D eigenvalue weighted by Gasteiger charge is -2.34. The normalized spacial score (nSPS) is 33.9. The molecule has 0 aliphatic carbocycles. The van der Waals surface area contributed by atoms with E-state index >= 15 is 0 Å². The Morgan fingerprint density at radius 2 is 1.81 bits per heavy atom. The van der Waals surface area contributed by atoms with E-state index in [1.165, 1.54) is 8.61 Å². The molecule has 6 nitrogen and oxygen atoms in total. The Balaban J connectivity index is 2.08. The molecule has 2 aliphatic heterocycles. The number of hydrogen-bond acceptors (Lipinski definition) is 4. The Morgan fingerprint density at radius 3 is 2.24 bits per heavy atom. The molecule has 2 rings (SSSR count). The van der Waals surface area contributed by atoms with Gasteiger partial charge in [0.25, 0.3) is 10.2 Å². The van der Waals surface area contributed by atoms with E-state index in [-0.39, 0.29) is 24.5 Å². The molecule has 1 N–H and O–H groups in total. The minimum Gasteiger partial charge on any atom is -0.388 e. The van der Waals surface area contributed by atoms with E-state index in [9.17, 15) is 13.5 Å². The number of β-amino-alcohol motifs (C(OH)–C–C–N with tert-alkyl or cyclic N) is 1. The number of nitrogens with zero attached hydrogens (tertiary/aromatic N) is 2. The third kappa shape index (κ3) is 3.12. The van der Waals surface area contributed by atoms with Crippen molar-refractivity contribution in [2.45, 2.75) is 45.3 Å². The molecule has 0 aromatic carbocycles. The molecule has 7 heteroatoms. The largest absolute Gasteiger partial charge is 0.388 e. The van der Waals surface area contributed by atoms with Gasteiger partial charge in [-0.2, -0.15) is 17.0 Å². The third-order valence-corrected chi connectivity index (χ3v) is 7.10. The maximum atomic E-state index is 12.7. The van der Waals surface area contributed by atoms with Gasteiger partial charge in [-0.05, 0) is 18.8 Å². The van der Waals surface area contributed by atoms with Crippen LogP contribution in [0.1, 0.15) is 33.6 Å². The summed E-state index contributed by atoms with van der Waals surface area (Å²) in [5.74, 6) is -0.0179. The Hall–Kier alpha value is -0.210. The van der Waals surface area contributed by atoms with E-state index in [1.54, 1.807) is 7.11 Å². The van der Waals surface area contributed by atoms with Crippen LogP contribution in [-0.2, 0) is 14.9 Å². The van der Waals surface area contributed by atoms with Crippen LogP contribution in [0.5, 0.6) is 0 Å². The highest BCUT2D eigenvalue weighted by Gasteiger charge is 2.49. The van der Waals surface area contributed by atoms with Crippen LogP contribution < -0.4 is 0 Å². The van der Waals surface area contributed by atoms with Gasteiger partial charge in [-0.25, -0.2) is 0 Å². The van der Waals surface area contributed by atoms with E-state index in [2.05, 4.69) is 0 Å². The molecule has 0 aromatic rings. The average molecular weight is 320 g/mol. The minimum absolute atomic E-state index is 0.0342. The standard InChI is InChI=1S/C14H28N2O4S/c1-11(2)14(17)10-16(9-12(14)3)21(18,19)15-7-5-13(20-4)6-8-15/h11-13,17H,5-10H2,1-4H3/t12-,14-/m0/s1. The number of methoxy groups -OCH3 is 1.